The number of rotatable bonds is 4. The number of hydrogen-bond donors (Lipinski definition) is 1. The molecule has 1 aromatic carbocycles. The summed E-state index contributed by atoms with van der Waals surface area (Å²) >= 11 is 0. The van der Waals surface area contributed by atoms with Crippen LogP contribution in [0.3, 0.4) is 0 Å². The van der Waals surface area contributed by atoms with Gasteiger partial charge < -0.3 is 5.73 Å². The smallest absolute Gasteiger partial charge is 0.0450 e. The highest BCUT2D eigenvalue weighted by Gasteiger charge is 2.12. The van der Waals surface area contributed by atoms with E-state index >= 15 is 0 Å². The molecule has 1 atom stereocenters. The Morgan fingerprint density at radius 3 is 2.53 bits per heavy atom. The van der Waals surface area contributed by atoms with Crippen molar-refractivity contribution in [2.75, 3.05) is 6.54 Å². The highest BCUT2D eigenvalue weighted by molar-refractivity contribution is 5.28. The highest BCUT2D eigenvalue weighted by atomic mass is 14.7. The number of hydrogen-bond acceptors (Lipinski definition) is 2. The fraction of sp³-hybridized carbons (Fsp3) is 0.267. The molecule has 0 aliphatic rings. The van der Waals surface area contributed by atoms with Crippen molar-refractivity contribution in [3.8, 4) is 0 Å². The Morgan fingerprint density at radius 2 is 1.88 bits per heavy atom. The van der Waals surface area contributed by atoms with Gasteiger partial charge in [-0.25, -0.2) is 0 Å². The van der Waals surface area contributed by atoms with E-state index in [9.17, 15) is 0 Å². The van der Waals surface area contributed by atoms with Crippen LogP contribution in [0.1, 0.15) is 22.7 Å². The van der Waals surface area contributed by atoms with Gasteiger partial charge in [-0.2, -0.15) is 0 Å². The van der Waals surface area contributed by atoms with E-state index < -0.39 is 0 Å². The molecule has 2 aromatic rings. The first-order chi connectivity index (χ1) is 8.31. The maximum Gasteiger partial charge on any atom is 0.0450 e. The summed E-state index contributed by atoms with van der Waals surface area (Å²) in [5.41, 5.74) is 9.62. The van der Waals surface area contributed by atoms with Crippen molar-refractivity contribution in [2.45, 2.75) is 19.3 Å². The summed E-state index contributed by atoms with van der Waals surface area (Å²) in [6.45, 7) is 2.77. The second-order valence-electron chi connectivity index (χ2n) is 4.32. The lowest BCUT2D eigenvalue weighted by molar-refractivity contribution is 0.670. The van der Waals surface area contributed by atoms with Crippen LogP contribution < -0.4 is 5.73 Å². The summed E-state index contributed by atoms with van der Waals surface area (Å²) in [4.78, 5) is 4.40. The molecule has 2 heteroatoms. The molecule has 2 rings (SSSR count). The third kappa shape index (κ3) is 2.92. The van der Waals surface area contributed by atoms with Crippen molar-refractivity contribution in [1.29, 1.82) is 0 Å². The van der Waals surface area contributed by atoms with E-state index in [1.54, 1.807) is 0 Å². The molecule has 0 amide bonds. The van der Waals surface area contributed by atoms with Crippen LogP contribution in [0, 0.1) is 6.92 Å². The number of pyridine rings is 1. The summed E-state index contributed by atoms with van der Waals surface area (Å²) in [6.07, 6.45) is 2.79. The Hall–Kier alpha value is -1.67. The minimum atomic E-state index is 0.303. The minimum Gasteiger partial charge on any atom is -0.330 e. The lowest BCUT2D eigenvalue weighted by Gasteiger charge is -2.15. The van der Waals surface area contributed by atoms with Crippen LogP contribution in [-0.2, 0) is 6.42 Å². The average molecular weight is 226 g/mol. The third-order valence-electron chi connectivity index (χ3n) is 3.12. The number of aryl methyl sites for hydroxylation is 1. The normalized spacial score (nSPS) is 12.4. The predicted octanol–water partition coefficient (Wildman–Crippen LogP) is 2.68. The lowest BCUT2D eigenvalue weighted by Crippen LogP contribution is -2.16. The van der Waals surface area contributed by atoms with Gasteiger partial charge in [0.2, 0.25) is 0 Å². The summed E-state index contributed by atoms with van der Waals surface area (Å²) < 4.78 is 0. The molecule has 0 spiro atoms. The van der Waals surface area contributed by atoms with Crippen molar-refractivity contribution in [3.05, 3.63) is 65.5 Å². The molecule has 17 heavy (non-hydrogen) atoms. The van der Waals surface area contributed by atoms with E-state index in [1.807, 2.05) is 18.3 Å². The van der Waals surface area contributed by atoms with Crippen molar-refractivity contribution in [2.24, 2.45) is 5.73 Å². The monoisotopic (exact) mass is 226 g/mol. The first kappa shape index (κ1) is 11.8. The Kier molecular flexibility index (Phi) is 3.89. The highest BCUT2D eigenvalue weighted by Crippen LogP contribution is 2.19. The molecule has 0 bridgehead atoms. The predicted molar refractivity (Wildman–Crippen MR) is 70.9 cm³/mol. The van der Waals surface area contributed by atoms with Gasteiger partial charge in [0.05, 0.1) is 0 Å². The Balaban J connectivity index is 2.19. The van der Waals surface area contributed by atoms with E-state index in [-0.39, 0.29) is 0 Å². The summed E-state index contributed by atoms with van der Waals surface area (Å²) in [6, 6.07) is 14.5. The first-order valence-electron chi connectivity index (χ1n) is 5.96. The van der Waals surface area contributed by atoms with Crippen LogP contribution in [0.15, 0.2) is 48.7 Å². The average Bonchev–Trinajstić information content (AvgIpc) is 2.39. The van der Waals surface area contributed by atoms with E-state index in [0.717, 1.165) is 12.1 Å². The first-order valence-corrected chi connectivity index (χ1v) is 5.96. The zero-order valence-electron chi connectivity index (χ0n) is 10.1. The van der Waals surface area contributed by atoms with Gasteiger partial charge in [-0.05, 0) is 36.6 Å². The molecule has 2 nitrogen and oxygen atoms in total. The number of aromatic nitrogens is 1. The molecule has 0 saturated carbocycles. The van der Waals surface area contributed by atoms with Crippen LogP contribution in [0.2, 0.25) is 0 Å². The molecular weight excluding hydrogens is 208 g/mol. The van der Waals surface area contributed by atoms with Gasteiger partial charge in [0.15, 0.2) is 0 Å². The van der Waals surface area contributed by atoms with Crippen LogP contribution in [0.25, 0.3) is 0 Å². The van der Waals surface area contributed by atoms with Gasteiger partial charge in [0, 0.05) is 24.4 Å². The van der Waals surface area contributed by atoms with E-state index in [1.165, 1.54) is 11.1 Å². The molecule has 1 heterocycles. The Labute approximate surface area is 103 Å². The van der Waals surface area contributed by atoms with Gasteiger partial charge >= 0.3 is 0 Å². The van der Waals surface area contributed by atoms with Crippen molar-refractivity contribution >= 4 is 0 Å². The van der Waals surface area contributed by atoms with Gasteiger partial charge in [-0.15, -0.1) is 0 Å². The van der Waals surface area contributed by atoms with Gasteiger partial charge in [-0.3, -0.25) is 4.98 Å². The van der Waals surface area contributed by atoms with Gasteiger partial charge in [0.25, 0.3) is 0 Å². The summed E-state index contributed by atoms with van der Waals surface area (Å²) in [7, 11) is 0. The van der Waals surface area contributed by atoms with Crippen LogP contribution in [0.4, 0.5) is 0 Å². The molecule has 0 aliphatic heterocycles. The lowest BCUT2D eigenvalue weighted by atomic mass is 9.93. The number of nitrogens with two attached hydrogens (primary N) is 1. The molecule has 0 fully saturated rings. The molecule has 0 saturated heterocycles. The fourth-order valence-corrected chi connectivity index (χ4v) is 2.03. The van der Waals surface area contributed by atoms with Crippen molar-refractivity contribution < 1.29 is 0 Å². The summed E-state index contributed by atoms with van der Waals surface area (Å²) in [5, 5.41) is 0. The Morgan fingerprint density at radius 1 is 1.12 bits per heavy atom. The van der Waals surface area contributed by atoms with Crippen molar-refractivity contribution in [1.82, 2.24) is 4.98 Å². The van der Waals surface area contributed by atoms with Crippen LogP contribution in [0.5, 0.6) is 0 Å². The SMILES string of the molecule is Cc1ccccc1C[C@@H](CN)c1ccccn1. The maximum absolute atomic E-state index is 5.86. The zero-order chi connectivity index (χ0) is 12.1. The molecule has 0 aliphatic carbocycles. The summed E-state index contributed by atoms with van der Waals surface area (Å²) in [5.74, 6) is 0.303. The van der Waals surface area contributed by atoms with Crippen molar-refractivity contribution in [3.63, 3.8) is 0 Å². The largest absolute Gasteiger partial charge is 0.330 e. The third-order valence-corrected chi connectivity index (χ3v) is 3.12. The zero-order valence-corrected chi connectivity index (χ0v) is 10.1. The second kappa shape index (κ2) is 5.60. The van der Waals surface area contributed by atoms with E-state index in [2.05, 4.69) is 42.2 Å². The van der Waals surface area contributed by atoms with Gasteiger partial charge in [0.1, 0.15) is 0 Å². The molecule has 2 N–H and O–H groups in total. The fourth-order valence-electron chi connectivity index (χ4n) is 2.03. The van der Waals surface area contributed by atoms with Crippen LogP contribution >= 0.6 is 0 Å². The standard InChI is InChI=1S/C15H18N2/c1-12-6-2-3-7-13(12)10-14(11-16)15-8-4-5-9-17-15/h2-9,14H,10-11,16H2,1H3/t14-/m0/s1. The van der Waals surface area contributed by atoms with E-state index in [0.29, 0.717) is 12.5 Å². The quantitative estimate of drug-likeness (QED) is 0.870. The maximum atomic E-state index is 5.86. The molecule has 0 unspecified atom stereocenters. The Bertz CT molecular complexity index is 465. The topological polar surface area (TPSA) is 38.9 Å². The number of nitrogens with zero attached hydrogens (tertiary/aromatic N) is 1. The molecule has 88 valence electrons. The molecule has 0 radical (unpaired) electrons. The minimum absolute atomic E-state index is 0.303. The van der Waals surface area contributed by atoms with Gasteiger partial charge in [-0.1, -0.05) is 30.3 Å². The second-order valence-corrected chi connectivity index (χ2v) is 4.32. The molecule has 1 aromatic heterocycles. The molecular formula is C15H18N2. The number of benzene rings is 1. The van der Waals surface area contributed by atoms with E-state index in [4.69, 9.17) is 5.73 Å². The van der Waals surface area contributed by atoms with Crippen LogP contribution in [-0.4, -0.2) is 11.5 Å².